The molecule has 0 amide bonds. The second-order valence-corrected chi connectivity index (χ2v) is 11.1. The van der Waals surface area contributed by atoms with Gasteiger partial charge in [-0.05, 0) is 25.1 Å². The van der Waals surface area contributed by atoms with Crippen molar-refractivity contribution in [1.29, 1.82) is 0 Å². The lowest BCUT2D eigenvalue weighted by Gasteiger charge is -2.38. The maximum absolute atomic E-state index is 6.00. The van der Waals surface area contributed by atoms with Crippen molar-refractivity contribution >= 4 is 20.1 Å². The van der Waals surface area contributed by atoms with Gasteiger partial charge < -0.3 is 4.53 Å². The normalized spacial score (nSPS) is 25.7. The van der Waals surface area contributed by atoms with Crippen LogP contribution in [-0.4, -0.2) is 24.9 Å². The second kappa shape index (κ2) is 4.13. The molecule has 0 aromatic heterocycles. The van der Waals surface area contributed by atoms with Crippen LogP contribution in [0.2, 0.25) is 18.1 Å². The van der Waals surface area contributed by atoms with Gasteiger partial charge in [0.1, 0.15) is 11.3 Å². The van der Waals surface area contributed by atoms with Crippen LogP contribution in [0.5, 0.6) is 0 Å². The minimum Gasteiger partial charge on any atom is -0.319 e. The minimum absolute atomic E-state index is 0.226. The predicted molar refractivity (Wildman–Crippen MR) is 63.1 cm³/mol. The average molecular weight is 235 g/mol. The summed E-state index contributed by atoms with van der Waals surface area (Å²) in [5.74, 6) is 0.704. The Morgan fingerprint density at radius 3 is 2.36 bits per heavy atom. The number of rotatable bonds is 2. The summed E-state index contributed by atoms with van der Waals surface area (Å²) >= 11 is 1.76. The molecule has 1 saturated heterocycles. The van der Waals surface area contributed by atoms with Crippen LogP contribution in [0.4, 0.5) is 0 Å². The molecule has 1 fully saturated rings. The lowest BCUT2D eigenvalue weighted by molar-refractivity contribution is -0.309. The third-order valence-corrected chi connectivity index (χ3v) is 8.06. The van der Waals surface area contributed by atoms with E-state index >= 15 is 0 Å². The molecule has 1 aliphatic rings. The SMILES string of the molecule is CC1SCON1O[Si](C)(C)C(C)(C)C. The molecule has 1 unspecified atom stereocenters. The molecule has 0 aromatic rings. The molecule has 0 aromatic carbocycles. The lowest BCUT2D eigenvalue weighted by atomic mass is 10.2. The summed E-state index contributed by atoms with van der Waals surface area (Å²) in [4.78, 5) is 5.41. The molecule has 0 spiro atoms. The molecule has 1 atom stereocenters. The van der Waals surface area contributed by atoms with Crippen molar-refractivity contribution in [3.63, 3.8) is 0 Å². The summed E-state index contributed by atoms with van der Waals surface area (Å²) in [5.41, 5.74) is 0. The molecule has 3 nitrogen and oxygen atoms in total. The summed E-state index contributed by atoms with van der Waals surface area (Å²) in [7, 11) is -1.72. The van der Waals surface area contributed by atoms with Gasteiger partial charge in [-0.2, -0.15) is 0 Å². The first-order valence-corrected chi connectivity index (χ1v) is 8.92. The van der Waals surface area contributed by atoms with Crippen LogP contribution >= 0.6 is 11.8 Å². The quantitative estimate of drug-likeness (QED) is 0.685. The molecular formula is C9H21NO2SSi. The fraction of sp³-hybridized carbons (Fsp3) is 1.00. The van der Waals surface area contributed by atoms with Gasteiger partial charge in [-0.25, -0.2) is 0 Å². The molecule has 1 rings (SSSR count). The molecule has 0 N–H and O–H groups in total. The molecule has 14 heavy (non-hydrogen) atoms. The third kappa shape index (κ3) is 2.73. The molecule has 0 bridgehead atoms. The Kier molecular flexibility index (Phi) is 3.70. The number of hydrogen-bond donors (Lipinski definition) is 0. The van der Waals surface area contributed by atoms with Crippen LogP contribution in [0.1, 0.15) is 27.7 Å². The van der Waals surface area contributed by atoms with Gasteiger partial charge in [-0.1, -0.05) is 26.0 Å². The number of hydrogen-bond acceptors (Lipinski definition) is 4. The van der Waals surface area contributed by atoms with Crippen LogP contribution in [-0.2, 0) is 9.36 Å². The molecule has 1 heterocycles. The Hall–Kier alpha value is 0.447. The van der Waals surface area contributed by atoms with Crippen molar-refractivity contribution in [2.24, 2.45) is 0 Å². The summed E-state index contributed by atoms with van der Waals surface area (Å²) in [6.45, 7) is 13.2. The predicted octanol–water partition coefficient (Wildman–Crippen LogP) is 3.21. The first-order valence-electron chi connectivity index (χ1n) is 4.97. The zero-order valence-electron chi connectivity index (χ0n) is 9.96. The van der Waals surface area contributed by atoms with Gasteiger partial charge in [-0.3, -0.25) is 4.84 Å². The molecule has 0 saturated carbocycles. The van der Waals surface area contributed by atoms with E-state index in [1.165, 1.54) is 0 Å². The van der Waals surface area contributed by atoms with E-state index in [9.17, 15) is 0 Å². The monoisotopic (exact) mass is 235 g/mol. The van der Waals surface area contributed by atoms with Crippen LogP contribution in [0.25, 0.3) is 0 Å². The summed E-state index contributed by atoms with van der Waals surface area (Å²) in [6.07, 6.45) is 0. The Morgan fingerprint density at radius 1 is 1.43 bits per heavy atom. The van der Waals surface area contributed by atoms with Crippen molar-refractivity contribution in [2.75, 3.05) is 5.94 Å². The van der Waals surface area contributed by atoms with E-state index in [0.717, 1.165) is 0 Å². The van der Waals surface area contributed by atoms with E-state index in [4.69, 9.17) is 9.36 Å². The van der Waals surface area contributed by atoms with Crippen molar-refractivity contribution in [1.82, 2.24) is 5.23 Å². The highest BCUT2D eigenvalue weighted by Crippen LogP contribution is 2.39. The Balaban J connectivity index is 2.58. The molecular weight excluding hydrogens is 214 g/mol. The fourth-order valence-corrected chi connectivity index (χ4v) is 2.41. The zero-order valence-corrected chi connectivity index (χ0v) is 11.8. The van der Waals surface area contributed by atoms with Gasteiger partial charge in [-0.15, -0.1) is 11.8 Å². The highest BCUT2D eigenvalue weighted by Gasteiger charge is 2.42. The summed E-state index contributed by atoms with van der Waals surface area (Å²) in [6, 6.07) is 0. The van der Waals surface area contributed by atoms with E-state index in [-0.39, 0.29) is 5.04 Å². The van der Waals surface area contributed by atoms with Crippen LogP contribution in [0.3, 0.4) is 0 Å². The van der Waals surface area contributed by atoms with Gasteiger partial charge >= 0.3 is 0 Å². The summed E-state index contributed by atoms with van der Waals surface area (Å²) < 4.78 is 6.00. The Morgan fingerprint density at radius 2 is 2.00 bits per heavy atom. The smallest absolute Gasteiger partial charge is 0.223 e. The number of thioether (sulfide) groups is 1. The molecule has 5 heteroatoms. The van der Waals surface area contributed by atoms with Crippen molar-refractivity contribution in [3.8, 4) is 0 Å². The van der Waals surface area contributed by atoms with Crippen molar-refractivity contribution in [3.05, 3.63) is 0 Å². The number of hydroxylamine groups is 2. The minimum atomic E-state index is -1.72. The lowest BCUT2D eigenvalue weighted by Crippen LogP contribution is -2.47. The van der Waals surface area contributed by atoms with Crippen LogP contribution in [0.15, 0.2) is 0 Å². The van der Waals surface area contributed by atoms with Gasteiger partial charge in [0.25, 0.3) is 0 Å². The first-order chi connectivity index (χ1) is 6.24. The van der Waals surface area contributed by atoms with E-state index in [2.05, 4.69) is 40.8 Å². The Bertz CT molecular complexity index is 205. The van der Waals surface area contributed by atoms with E-state index in [1.54, 1.807) is 17.0 Å². The van der Waals surface area contributed by atoms with Crippen LogP contribution in [0, 0.1) is 0 Å². The number of nitrogens with zero attached hydrogens (tertiary/aromatic N) is 1. The molecule has 0 aliphatic carbocycles. The first kappa shape index (κ1) is 12.5. The molecule has 0 radical (unpaired) electrons. The van der Waals surface area contributed by atoms with Gasteiger partial charge in [0.2, 0.25) is 8.32 Å². The van der Waals surface area contributed by atoms with Crippen molar-refractivity contribution < 1.29 is 9.36 Å². The molecule has 84 valence electrons. The third-order valence-electron chi connectivity index (χ3n) is 2.91. The van der Waals surface area contributed by atoms with Crippen molar-refractivity contribution in [2.45, 2.75) is 51.2 Å². The topological polar surface area (TPSA) is 21.7 Å². The van der Waals surface area contributed by atoms with E-state index in [1.807, 2.05) is 0 Å². The second-order valence-electron chi connectivity index (χ2n) is 5.15. The van der Waals surface area contributed by atoms with Gasteiger partial charge in [0, 0.05) is 0 Å². The zero-order chi connectivity index (χ0) is 11.0. The van der Waals surface area contributed by atoms with Crippen LogP contribution < -0.4 is 0 Å². The highest BCUT2D eigenvalue weighted by atomic mass is 32.2. The maximum Gasteiger partial charge on any atom is 0.223 e. The maximum atomic E-state index is 6.00. The molecule has 1 aliphatic heterocycles. The highest BCUT2D eigenvalue weighted by molar-refractivity contribution is 7.99. The standard InChI is InChI=1S/C9H21NO2SSi/c1-8-10(11-7-13-8)12-14(5,6)9(2,3)4/h8H,7H2,1-6H3. The average Bonchev–Trinajstić information content (AvgIpc) is 2.33. The summed E-state index contributed by atoms with van der Waals surface area (Å²) in [5, 5.41) is 2.22. The van der Waals surface area contributed by atoms with E-state index in [0.29, 0.717) is 11.3 Å². The fourth-order valence-electron chi connectivity index (χ4n) is 0.809. The van der Waals surface area contributed by atoms with Gasteiger partial charge in [0.05, 0.1) is 0 Å². The van der Waals surface area contributed by atoms with E-state index < -0.39 is 8.32 Å². The van der Waals surface area contributed by atoms with Gasteiger partial charge in [0.15, 0.2) is 0 Å². The Labute approximate surface area is 92.2 Å². The largest absolute Gasteiger partial charge is 0.319 e.